The Hall–Kier alpha value is -1.71. The second kappa shape index (κ2) is 5.73. The molecule has 0 spiro atoms. The van der Waals surface area contributed by atoms with Gasteiger partial charge in [-0.15, -0.1) is 11.3 Å². The van der Waals surface area contributed by atoms with Crippen molar-refractivity contribution in [1.29, 1.82) is 0 Å². The molecule has 1 aromatic heterocycles. The molecule has 0 aliphatic heterocycles. The average Bonchev–Trinajstić information content (AvgIpc) is 2.88. The Morgan fingerprint density at radius 2 is 1.85 bits per heavy atom. The van der Waals surface area contributed by atoms with Gasteiger partial charge in [0.1, 0.15) is 5.01 Å². The highest BCUT2D eigenvalue weighted by molar-refractivity contribution is 7.18. The minimum atomic E-state index is 0.336. The number of nitrogens with one attached hydrogen (secondary N) is 1. The lowest BCUT2D eigenvalue weighted by Gasteiger charge is -2.13. The average molecular weight is 282 g/mol. The number of hydrogen-bond acceptors (Lipinski definition) is 3. The van der Waals surface area contributed by atoms with Crippen molar-refractivity contribution >= 4 is 21.6 Å². The van der Waals surface area contributed by atoms with Crippen LogP contribution in [0.15, 0.2) is 48.5 Å². The Labute approximate surface area is 123 Å². The van der Waals surface area contributed by atoms with Crippen LogP contribution in [0.3, 0.4) is 0 Å². The van der Waals surface area contributed by atoms with Crippen molar-refractivity contribution < 1.29 is 0 Å². The highest BCUT2D eigenvalue weighted by Gasteiger charge is 2.07. The highest BCUT2D eigenvalue weighted by Crippen LogP contribution is 2.22. The molecule has 0 aliphatic carbocycles. The second-order valence-electron chi connectivity index (χ2n) is 5.09. The number of aromatic nitrogens is 1. The summed E-state index contributed by atoms with van der Waals surface area (Å²) in [4.78, 5) is 4.65. The standard InChI is InChI=1S/C17H18N2S/c1-12-7-9-14(10-8-12)13(2)18-11-17-19-15-5-3-4-6-16(15)20-17/h3-10,13,18H,11H2,1-2H3/t13-/m1/s1. The molecule has 0 saturated heterocycles. The summed E-state index contributed by atoms with van der Waals surface area (Å²) in [6.45, 7) is 5.12. The van der Waals surface area contributed by atoms with Crippen LogP contribution in [0.5, 0.6) is 0 Å². The molecule has 3 heteroatoms. The molecule has 1 heterocycles. The molecular weight excluding hydrogens is 264 g/mol. The number of para-hydroxylation sites is 1. The summed E-state index contributed by atoms with van der Waals surface area (Å²) in [5, 5.41) is 4.69. The molecule has 0 unspecified atom stereocenters. The molecule has 0 fully saturated rings. The third kappa shape index (κ3) is 2.89. The molecular formula is C17H18N2S. The van der Waals surface area contributed by atoms with E-state index in [1.807, 2.05) is 6.07 Å². The molecule has 3 rings (SSSR count). The molecule has 0 saturated carbocycles. The molecule has 0 bridgehead atoms. The lowest BCUT2D eigenvalue weighted by molar-refractivity contribution is 0.573. The smallest absolute Gasteiger partial charge is 0.108 e. The zero-order chi connectivity index (χ0) is 13.9. The predicted octanol–water partition coefficient (Wildman–Crippen LogP) is 4.46. The van der Waals surface area contributed by atoms with E-state index in [1.165, 1.54) is 15.8 Å². The lowest BCUT2D eigenvalue weighted by atomic mass is 10.1. The van der Waals surface area contributed by atoms with E-state index in [0.717, 1.165) is 17.1 Å². The van der Waals surface area contributed by atoms with Crippen LogP contribution in [0, 0.1) is 6.92 Å². The van der Waals surface area contributed by atoms with Crippen LogP contribution in [0.1, 0.15) is 29.1 Å². The fourth-order valence-electron chi connectivity index (χ4n) is 2.21. The van der Waals surface area contributed by atoms with Crippen LogP contribution in [0.4, 0.5) is 0 Å². The maximum atomic E-state index is 4.65. The fourth-order valence-corrected chi connectivity index (χ4v) is 3.13. The normalized spacial score (nSPS) is 12.7. The van der Waals surface area contributed by atoms with Crippen molar-refractivity contribution in [3.05, 3.63) is 64.7 Å². The Morgan fingerprint density at radius 3 is 2.60 bits per heavy atom. The van der Waals surface area contributed by atoms with Gasteiger partial charge in [0.15, 0.2) is 0 Å². The van der Waals surface area contributed by atoms with E-state index in [9.17, 15) is 0 Å². The first-order valence-corrected chi connectivity index (χ1v) is 7.68. The summed E-state index contributed by atoms with van der Waals surface area (Å²) in [5.74, 6) is 0. The van der Waals surface area contributed by atoms with Gasteiger partial charge in [0.25, 0.3) is 0 Å². The Balaban J connectivity index is 1.68. The van der Waals surface area contributed by atoms with Crippen molar-refractivity contribution in [2.45, 2.75) is 26.4 Å². The maximum absolute atomic E-state index is 4.65. The minimum Gasteiger partial charge on any atom is -0.304 e. The lowest BCUT2D eigenvalue weighted by Crippen LogP contribution is -2.17. The Bertz CT molecular complexity index is 667. The van der Waals surface area contributed by atoms with Gasteiger partial charge in [0, 0.05) is 12.6 Å². The van der Waals surface area contributed by atoms with E-state index < -0.39 is 0 Å². The largest absolute Gasteiger partial charge is 0.304 e. The number of fused-ring (bicyclic) bond motifs is 1. The Kier molecular flexibility index (Phi) is 3.81. The van der Waals surface area contributed by atoms with Gasteiger partial charge in [-0.3, -0.25) is 0 Å². The van der Waals surface area contributed by atoms with Gasteiger partial charge < -0.3 is 5.32 Å². The zero-order valence-corrected chi connectivity index (χ0v) is 12.6. The SMILES string of the molecule is Cc1ccc([C@@H](C)NCc2nc3ccccc3s2)cc1. The van der Waals surface area contributed by atoms with E-state index in [0.29, 0.717) is 6.04 Å². The van der Waals surface area contributed by atoms with Gasteiger partial charge in [-0.1, -0.05) is 42.0 Å². The van der Waals surface area contributed by atoms with Gasteiger partial charge >= 0.3 is 0 Å². The second-order valence-corrected chi connectivity index (χ2v) is 6.20. The van der Waals surface area contributed by atoms with Crippen LogP contribution in [-0.4, -0.2) is 4.98 Å². The molecule has 2 aromatic carbocycles. The number of benzene rings is 2. The Morgan fingerprint density at radius 1 is 1.10 bits per heavy atom. The first kappa shape index (κ1) is 13.3. The van der Waals surface area contributed by atoms with Gasteiger partial charge in [0.05, 0.1) is 10.2 Å². The van der Waals surface area contributed by atoms with E-state index in [1.54, 1.807) is 11.3 Å². The number of aryl methyl sites for hydroxylation is 1. The number of hydrogen-bond donors (Lipinski definition) is 1. The van der Waals surface area contributed by atoms with E-state index in [4.69, 9.17) is 0 Å². The summed E-state index contributed by atoms with van der Waals surface area (Å²) >= 11 is 1.76. The first-order chi connectivity index (χ1) is 9.72. The van der Waals surface area contributed by atoms with Crippen molar-refractivity contribution in [2.24, 2.45) is 0 Å². The van der Waals surface area contributed by atoms with Gasteiger partial charge in [-0.05, 0) is 31.5 Å². The van der Waals surface area contributed by atoms with Gasteiger partial charge in [0.2, 0.25) is 0 Å². The summed E-state index contributed by atoms with van der Waals surface area (Å²) < 4.78 is 1.26. The summed E-state index contributed by atoms with van der Waals surface area (Å²) in [7, 11) is 0. The van der Waals surface area contributed by atoms with E-state index in [2.05, 4.69) is 66.6 Å². The van der Waals surface area contributed by atoms with Gasteiger partial charge in [-0.25, -0.2) is 4.98 Å². The molecule has 102 valence electrons. The minimum absolute atomic E-state index is 0.336. The van der Waals surface area contributed by atoms with Crippen molar-refractivity contribution in [1.82, 2.24) is 10.3 Å². The first-order valence-electron chi connectivity index (χ1n) is 6.87. The molecule has 0 radical (unpaired) electrons. The molecule has 2 nitrogen and oxygen atoms in total. The summed E-state index contributed by atoms with van der Waals surface area (Å²) in [6, 6.07) is 17.3. The van der Waals surface area contributed by atoms with Crippen LogP contribution in [0.2, 0.25) is 0 Å². The van der Waals surface area contributed by atoms with Crippen molar-refractivity contribution in [2.75, 3.05) is 0 Å². The molecule has 1 atom stereocenters. The fraction of sp³-hybridized carbons (Fsp3) is 0.235. The summed E-state index contributed by atoms with van der Waals surface area (Å²) in [5.41, 5.74) is 3.71. The third-order valence-electron chi connectivity index (χ3n) is 3.48. The van der Waals surface area contributed by atoms with E-state index in [-0.39, 0.29) is 0 Å². The van der Waals surface area contributed by atoms with Crippen LogP contribution in [-0.2, 0) is 6.54 Å². The van der Waals surface area contributed by atoms with Gasteiger partial charge in [-0.2, -0.15) is 0 Å². The number of nitrogens with zero attached hydrogens (tertiary/aromatic N) is 1. The van der Waals surface area contributed by atoms with Crippen LogP contribution in [0.25, 0.3) is 10.2 Å². The highest BCUT2D eigenvalue weighted by atomic mass is 32.1. The monoisotopic (exact) mass is 282 g/mol. The quantitative estimate of drug-likeness (QED) is 0.764. The molecule has 1 N–H and O–H groups in total. The summed E-state index contributed by atoms with van der Waals surface area (Å²) in [6.07, 6.45) is 0. The topological polar surface area (TPSA) is 24.9 Å². The molecule has 0 amide bonds. The predicted molar refractivity (Wildman–Crippen MR) is 86.1 cm³/mol. The maximum Gasteiger partial charge on any atom is 0.108 e. The molecule has 0 aliphatic rings. The number of thiazole rings is 1. The van der Waals surface area contributed by atoms with E-state index >= 15 is 0 Å². The molecule has 20 heavy (non-hydrogen) atoms. The third-order valence-corrected chi connectivity index (χ3v) is 4.51. The molecule has 3 aromatic rings. The number of rotatable bonds is 4. The van der Waals surface area contributed by atoms with Crippen molar-refractivity contribution in [3.63, 3.8) is 0 Å². The zero-order valence-electron chi connectivity index (χ0n) is 11.8. The van der Waals surface area contributed by atoms with Crippen LogP contribution >= 0.6 is 11.3 Å². The van der Waals surface area contributed by atoms with Crippen LogP contribution < -0.4 is 5.32 Å². The van der Waals surface area contributed by atoms with Crippen molar-refractivity contribution in [3.8, 4) is 0 Å².